The van der Waals surface area contributed by atoms with Crippen LogP contribution in [-0.4, -0.2) is 5.71 Å². The molecule has 0 unspecified atom stereocenters. The second-order valence-corrected chi connectivity index (χ2v) is 12.8. The smallest absolute Gasteiger partial charge is 0.123 e. The molecule has 0 bridgehead atoms. The van der Waals surface area contributed by atoms with Crippen LogP contribution >= 0.6 is 0 Å². The van der Waals surface area contributed by atoms with Crippen LogP contribution in [0.4, 0.5) is 4.39 Å². The maximum Gasteiger partial charge on any atom is 0.123 e. The van der Waals surface area contributed by atoms with Crippen LogP contribution in [0.2, 0.25) is 0 Å². The average molecular weight is 668 g/mol. The van der Waals surface area contributed by atoms with Crippen LogP contribution in [0.25, 0.3) is 11.1 Å². The van der Waals surface area contributed by atoms with Gasteiger partial charge < -0.3 is 0 Å². The first-order chi connectivity index (χ1) is 23.2. The fraction of sp³-hybridized carbons (Fsp3) is 0.426. The molecular formula is C47H70FN. The van der Waals surface area contributed by atoms with Crippen LogP contribution in [0.3, 0.4) is 0 Å². The lowest BCUT2D eigenvalue weighted by Crippen LogP contribution is -1.95. The summed E-state index contributed by atoms with van der Waals surface area (Å²) in [6.07, 6.45) is 19.9. The molecule has 0 N–H and O–H groups in total. The van der Waals surface area contributed by atoms with E-state index in [4.69, 9.17) is 0 Å². The maximum absolute atomic E-state index is 14.0. The van der Waals surface area contributed by atoms with E-state index in [1.165, 1.54) is 62.5 Å². The largest absolute Gasteiger partial charge is 0.266 e. The van der Waals surface area contributed by atoms with Gasteiger partial charge in [-0.05, 0) is 106 Å². The SMILES string of the molecule is C=C(C)C(=C\N=C(C)C)/C=C(\C(=C)C)c1ccc(/C(=C/C=C\C)C(=C)F)cc1C.CCC.CCCCCC.CCCCc1ccc(C)cc1. The van der Waals surface area contributed by atoms with Crippen molar-refractivity contribution in [3.8, 4) is 0 Å². The summed E-state index contributed by atoms with van der Waals surface area (Å²) in [5.74, 6) is -0.453. The highest BCUT2D eigenvalue weighted by Crippen LogP contribution is 2.31. The molecule has 2 aromatic carbocycles. The normalized spacial score (nSPS) is 11.3. The number of halogens is 1. The third-order valence-electron chi connectivity index (χ3n) is 7.19. The van der Waals surface area contributed by atoms with Crippen molar-refractivity contribution in [3.63, 3.8) is 0 Å². The lowest BCUT2D eigenvalue weighted by molar-refractivity contribution is 0.678. The zero-order valence-corrected chi connectivity index (χ0v) is 33.5. The highest BCUT2D eigenvalue weighted by Gasteiger charge is 2.12. The van der Waals surface area contributed by atoms with Gasteiger partial charge in [-0.15, -0.1) is 0 Å². The van der Waals surface area contributed by atoms with E-state index in [9.17, 15) is 4.39 Å². The van der Waals surface area contributed by atoms with Gasteiger partial charge in [0.05, 0.1) is 0 Å². The number of hydrogen-bond donors (Lipinski definition) is 0. The number of nitrogens with zero attached hydrogens (tertiary/aromatic N) is 1. The van der Waals surface area contributed by atoms with E-state index in [1.807, 2.05) is 78.1 Å². The Morgan fingerprint density at radius 1 is 0.755 bits per heavy atom. The first-order valence-electron chi connectivity index (χ1n) is 18.3. The van der Waals surface area contributed by atoms with Crippen molar-refractivity contribution >= 4 is 16.9 Å². The van der Waals surface area contributed by atoms with Crippen LogP contribution in [0, 0.1) is 13.8 Å². The minimum Gasteiger partial charge on any atom is -0.266 e. The fourth-order valence-electron chi connectivity index (χ4n) is 4.36. The van der Waals surface area contributed by atoms with Gasteiger partial charge in [0.25, 0.3) is 0 Å². The van der Waals surface area contributed by atoms with Gasteiger partial charge in [0.1, 0.15) is 5.83 Å². The van der Waals surface area contributed by atoms with E-state index in [2.05, 4.69) is 96.6 Å². The molecular weight excluding hydrogens is 598 g/mol. The third-order valence-corrected chi connectivity index (χ3v) is 7.19. The van der Waals surface area contributed by atoms with Gasteiger partial charge in [-0.25, -0.2) is 4.39 Å². The number of allylic oxidation sites excluding steroid dienone is 10. The zero-order valence-electron chi connectivity index (χ0n) is 33.5. The van der Waals surface area contributed by atoms with Gasteiger partial charge in [-0.3, -0.25) is 4.99 Å². The van der Waals surface area contributed by atoms with E-state index in [1.54, 1.807) is 6.08 Å². The van der Waals surface area contributed by atoms with E-state index < -0.39 is 5.83 Å². The first-order valence-corrected chi connectivity index (χ1v) is 18.3. The summed E-state index contributed by atoms with van der Waals surface area (Å²) in [5.41, 5.74) is 10.9. The van der Waals surface area contributed by atoms with Crippen molar-refractivity contribution in [1.29, 1.82) is 0 Å². The Labute approximate surface area is 303 Å². The van der Waals surface area contributed by atoms with E-state index >= 15 is 0 Å². The molecule has 0 aliphatic rings. The van der Waals surface area contributed by atoms with Crippen LogP contribution in [0.5, 0.6) is 0 Å². The minimum atomic E-state index is -0.453. The lowest BCUT2D eigenvalue weighted by atomic mass is 9.90. The molecule has 0 atom stereocenters. The number of aliphatic imine (C=N–C) groups is 1. The Morgan fingerprint density at radius 2 is 1.31 bits per heavy atom. The van der Waals surface area contributed by atoms with Gasteiger partial charge in [0.2, 0.25) is 0 Å². The second-order valence-electron chi connectivity index (χ2n) is 12.8. The lowest BCUT2D eigenvalue weighted by Gasteiger charge is -2.15. The molecule has 2 aromatic rings. The predicted octanol–water partition coefficient (Wildman–Crippen LogP) is 15.7. The van der Waals surface area contributed by atoms with Crippen LogP contribution in [0.15, 0.2) is 120 Å². The van der Waals surface area contributed by atoms with Crippen molar-refractivity contribution in [3.05, 3.63) is 143 Å². The summed E-state index contributed by atoms with van der Waals surface area (Å²) in [6.45, 7) is 36.5. The van der Waals surface area contributed by atoms with Crippen LogP contribution < -0.4 is 0 Å². The second kappa shape index (κ2) is 29.2. The van der Waals surface area contributed by atoms with Gasteiger partial charge >= 0.3 is 0 Å². The Balaban J connectivity index is 0. The Morgan fingerprint density at radius 3 is 1.71 bits per heavy atom. The molecule has 0 aliphatic carbocycles. The number of unbranched alkanes of at least 4 members (excludes halogenated alkanes) is 4. The molecule has 0 radical (unpaired) electrons. The molecule has 0 heterocycles. The third kappa shape index (κ3) is 22.5. The summed E-state index contributed by atoms with van der Waals surface area (Å²) < 4.78 is 14.0. The molecule has 0 aliphatic heterocycles. The molecule has 270 valence electrons. The van der Waals surface area contributed by atoms with E-state index in [-0.39, 0.29) is 0 Å². The standard InChI is InChI=1S/C27H32FN.C11H16.C6H14.C3H8/c1-10-11-12-26(22(9)28)23-13-14-25(21(8)15-23)27(19(4)5)16-24(18(2)3)17-29-20(6)7;1-3-4-5-11-8-6-10(2)7-9-11;1-3-5-6-4-2;1-3-2/h10-17H,2,4,9H2,1,3,5-8H3;6-9H,3-5H2,1-2H3;3-6H2,1-2H3;3H2,1-2H3/b11-10-,24-17-,26-12+,27-16+;;;. The van der Waals surface area contributed by atoms with Crippen molar-refractivity contribution in [2.24, 2.45) is 4.99 Å². The predicted molar refractivity (Wildman–Crippen MR) is 224 cm³/mol. The first kappa shape index (κ1) is 47.3. The van der Waals surface area contributed by atoms with Crippen LogP contribution in [-0.2, 0) is 6.42 Å². The van der Waals surface area contributed by atoms with Crippen molar-refractivity contribution in [2.45, 2.75) is 134 Å². The van der Waals surface area contributed by atoms with E-state index in [0.29, 0.717) is 5.57 Å². The monoisotopic (exact) mass is 668 g/mol. The van der Waals surface area contributed by atoms with Gasteiger partial charge in [0, 0.05) is 17.5 Å². The molecule has 49 heavy (non-hydrogen) atoms. The number of rotatable bonds is 14. The quantitative estimate of drug-likeness (QED) is 0.108. The molecule has 2 heteroatoms. The van der Waals surface area contributed by atoms with Gasteiger partial charge in [-0.1, -0.05) is 165 Å². The van der Waals surface area contributed by atoms with Crippen molar-refractivity contribution in [1.82, 2.24) is 0 Å². The molecule has 0 fully saturated rings. The maximum atomic E-state index is 14.0. The average Bonchev–Trinajstić information content (AvgIpc) is 3.04. The molecule has 0 spiro atoms. The highest BCUT2D eigenvalue weighted by molar-refractivity contribution is 5.85. The Kier molecular flexibility index (Phi) is 28.2. The topological polar surface area (TPSA) is 12.4 Å². The number of benzene rings is 2. The molecule has 1 nitrogen and oxygen atoms in total. The zero-order chi connectivity index (χ0) is 37.8. The number of hydrogen-bond acceptors (Lipinski definition) is 1. The van der Waals surface area contributed by atoms with Crippen molar-refractivity contribution < 1.29 is 4.39 Å². The summed E-state index contributed by atoms with van der Waals surface area (Å²) in [7, 11) is 0. The van der Waals surface area contributed by atoms with Crippen molar-refractivity contribution in [2.75, 3.05) is 0 Å². The molecule has 0 amide bonds. The molecule has 0 saturated heterocycles. The molecule has 2 rings (SSSR count). The molecule has 0 saturated carbocycles. The fourth-order valence-corrected chi connectivity index (χ4v) is 4.36. The number of aryl methyl sites for hydroxylation is 3. The minimum absolute atomic E-state index is 0.453. The Hall–Kier alpha value is -3.78. The van der Waals surface area contributed by atoms with Gasteiger partial charge in [0.15, 0.2) is 0 Å². The van der Waals surface area contributed by atoms with Gasteiger partial charge in [-0.2, -0.15) is 0 Å². The molecule has 0 aromatic heterocycles. The Bertz CT molecular complexity index is 1400. The highest BCUT2D eigenvalue weighted by atomic mass is 19.1. The van der Waals surface area contributed by atoms with E-state index in [0.717, 1.165) is 44.7 Å². The summed E-state index contributed by atoms with van der Waals surface area (Å²) >= 11 is 0. The summed E-state index contributed by atoms with van der Waals surface area (Å²) in [5, 5.41) is 0. The summed E-state index contributed by atoms with van der Waals surface area (Å²) in [6, 6.07) is 14.7. The summed E-state index contributed by atoms with van der Waals surface area (Å²) in [4.78, 5) is 4.41. The van der Waals surface area contributed by atoms with Crippen LogP contribution in [0.1, 0.15) is 142 Å².